The molecule has 1 saturated carbocycles. The maximum absolute atomic E-state index is 2.56. The minimum Gasteiger partial charge on any atom is -0.309 e. The van der Waals surface area contributed by atoms with Crippen LogP contribution in [-0.4, -0.2) is 4.57 Å². The molecule has 2 heteroatoms. The van der Waals surface area contributed by atoms with Gasteiger partial charge in [-0.1, -0.05) is 188 Å². The van der Waals surface area contributed by atoms with Crippen LogP contribution in [0.1, 0.15) is 96.3 Å². The first-order valence-corrected chi connectivity index (χ1v) is 22.8. The number of hydrogen-bond donors (Lipinski definition) is 0. The monoisotopic (exact) mass is 806 g/mol. The number of nitrogens with zero attached hydrogens (tertiary/aromatic N) is 2. The first-order valence-electron chi connectivity index (χ1n) is 22.8. The van der Waals surface area contributed by atoms with E-state index in [0.717, 1.165) is 17.1 Å². The van der Waals surface area contributed by atoms with Gasteiger partial charge >= 0.3 is 0 Å². The summed E-state index contributed by atoms with van der Waals surface area (Å²) in [5.41, 5.74) is 16.2. The van der Waals surface area contributed by atoms with Crippen LogP contribution < -0.4 is 4.90 Å². The number of fused-ring (bicyclic) bond motifs is 4. The van der Waals surface area contributed by atoms with E-state index in [0.29, 0.717) is 5.92 Å². The van der Waals surface area contributed by atoms with Crippen molar-refractivity contribution in [2.45, 2.75) is 90.4 Å². The molecule has 8 aromatic carbocycles. The molecule has 2 nitrogen and oxygen atoms in total. The molecule has 0 bridgehead atoms. The van der Waals surface area contributed by atoms with Crippen molar-refractivity contribution in [1.29, 1.82) is 0 Å². The lowest BCUT2D eigenvalue weighted by molar-refractivity contribution is 0.445. The van der Waals surface area contributed by atoms with Crippen LogP contribution in [0.25, 0.3) is 60.5 Å². The summed E-state index contributed by atoms with van der Waals surface area (Å²) in [6.45, 7) is 14.0. The summed E-state index contributed by atoms with van der Waals surface area (Å²) in [6.07, 6.45) is 6.47. The van der Waals surface area contributed by atoms with Crippen molar-refractivity contribution in [3.8, 4) is 27.9 Å². The van der Waals surface area contributed by atoms with E-state index in [-0.39, 0.29) is 10.8 Å². The molecule has 0 saturated heterocycles. The normalized spacial score (nSPS) is 13.9. The highest BCUT2D eigenvalue weighted by Crippen LogP contribution is 2.49. The number of rotatable bonds is 7. The third-order valence-electron chi connectivity index (χ3n) is 13.5. The van der Waals surface area contributed by atoms with E-state index in [4.69, 9.17) is 0 Å². The van der Waals surface area contributed by atoms with E-state index in [2.05, 4.69) is 227 Å². The van der Waals surface area contributed by atoms with Crippen LogP contribution in [0, 0.1) is 0 Å². The Bertz CT molecular complexity index is 3040. The Morgan fingerprint density at radius 1 is 0.468 bits per heavy atom. The van der Waals surface area contributed by atoms with Gasteiger partial charge in [-0.3, -0.25) is 0 Å². The fourth-order valence-corrected chi connectivity index (χ4v) is 10.2. The average Bonchev–Trinajstić information content (AvgIpc) is 3.63. The van der Waals surface area contributed by atoms with Crippen LogP contribution in [0.5, 0.6) is 0 Å². The van der Waals surface area contributed by atoms with Crippen LogP contribution in [0.4, 0.5) is 17.1 Å². The molecule has 0 atom stereocenters. The van der Waals surface area contributed by atoms with Crippen molar-refractivity contribution >= 4 is 49.6 Å². The molecule has 9 aromatic rings. The van der Waals surface area contributed by atoms with Crippen molar-refractivity contribution in [1.82, 2.24) is 4.57 Å². The quantitative estimate of drug-likeness (QED) is 0.156. The Morgan fingerprint density at radius 3 is 1.76 bits per heavy atom. The Hall–Kier alpha value is -6.38. The minimum absolute atomic E-state index is 0.0142. The van der Waals surface area contributed by atoms with E-state index < -0.39 is 0 Å². The van der Waals surface area contributed by atoms with Crippen LogP contribution in [-0.2, 0) is 10.8 Å². The molecule has 1 aliphatic rings. The standard InChI is InChI=1S/C60H58N2/c1-59(2,3)44-37-43(38-45(39-44)60(4,5)6)48-27-13-16-32-54(48)62(47-35-36-57-53(40-47)51-29-15-18-34-56(51)61(57)46-25-11-8-12-26-46)55-33-17-14-28-50(55)52-31-20-24-42-23-19-30-49(58(42)52)41-21-9-7-10-22-41/h8,11-20,23-41H,7,9-10,21-22H2,1-6H3. The number of hydrogen-bond acceptors (Lipinski definition) is 1. The van der Waals surface area contributed by atoms with Gasteiger partial charge in [0.05, 0.1) is 22.4 Å². The largest absolute Gasteiger partial charge is 0.309 e. The third kappa shape index (κ3) is 7.20. The van der Waals surface area contributed by atoms with E-state index in [9.17, 15) is 0 Å². The van der Waals surface area contributed by atoms with Gasteiger partial charge in [0.25, 0.3) is 0 Å². The fraction of sp³-hybridized carbons (Fsp3) is 0.233. The second-order valence-electron chi connectivity index (χ2n) is 19.6. The van der Waals surface area contributed by atoms with Gasteiger partial charge in [0.2, 0.25) is 0 Å². The lowest BCUT2D eigenvalue weighted by Crippen LogP contribution is -2.17. The van der Waals surface area contributed by atoms with Gasteiger partial charge in [-0.05, 0) is 117 Å². The minimum atomic E-state index is -0.0142. The van der Waals surface area contributed by atoms with Gasteiger partial charge in [-0.25, -0.2) is 0 Å². The summed E-state index contributed by atoms with van der Waals surface area (Å²) < 4.78 is 2.41. The molecule has 308 valence electrons. The Kier molecular flexibility index (Phi) is 10.1. The molecule has 62 heavy (non-hydrogen) atoms. The first kappa shape index (κ1) is 39.7. The third-order valence-corrected chi connectivity index (χ3v) is 13.5. The predicted molar refractivity (Wildman–Crippen MR) is 267 cm³/mol. The molecule has 1 aliphatic carbocycles. The van der Waals surface area contributed by atoms with E-state index in [1.165, 1.54) is 109 Å². The van der Waals surface area contributed by atoms with Crippen molar-refractivity contribution in [3.05, 3.63) is 193 Å². The predicted octanol–water partition coefficient (Wildman–Crippen LogP) is 17.4. The van der Waals surface area contributed by atoms with Gasteiger partial charge in [0.1, 0.15) is 0 Å². The maximum atomic E-state index is 2.56. The number of anilines is 3. The highest BCUT2D eigenvalue weighted by Gasteiger charge is 2.27. The molecule has 1 fully saturated rings. The molecule has 0 unspecified atom stereocenters. The van der Waals surface area contributed by atoms with Gasteiger partial charge in [-0.15, -0.1) is 0 Å². The van der Waals surface area contributed by atoms with Gasteiger partial charge < -0.3 is 9.47 Å². The molecular formula is C60H58N2. The lowest BCUT2D eigenvalue weighted by Gasteiger charge is -2.31. The van der Waals surface area contributed by atoms with Gasteiger partial charge in [-0.2, -0.15) is 0 Å². The highest BCUT2D eigenvalue weighted by molar-refractivity contribution is 6.11. The smallest absolute Gasteiger partial charge is 0.0542 e. The Morgan fingerprint density at radius 2 is 1.05 bits per heavy atom. The summed E-state index contributed by atoms with van der Waals surface area (Å²) in [7, 11) is 0. The number of aromatic nitrogens is 1. The maximum Gasteiger partial charge on any atom is 0.0542 e. The van der Waals surface area contributed by atoms with Gasteiger partial charge in [0, 0.05) is 33.3 Å². The molecule has 1 aromatic heterocycles. The second-order valence-corrected chi connectivity index (χ2v) is 19.6. The van der Waals surface area contributed by atoms with E-state index >= 15 is 0 Å². The van der Waals surface area contributed by atoms with Crippen LogP contribution in [0.2, 0.25) is 0 Å². The molecular weight excluding hydrogens is 749 g/mol. The van der Waals surface area contributed by atoms with Crippen molar-refractivity contribution < 1.29 is 0 Å². The van der Waals surface area contributed by atoms with Crippen LogP contribution in [0.15, 0.2) is 176 Å². The Labute approximate surface area is 368 Å². The zero-order chi connectivity index (χ0) is 42.6. The molecule has 10 rings (SSSR count). The topological polar surface area (TPSA) is 8.17 Å². The summed E-state index contributed by atoms with van der Waals surface area (Å²) >= 11 is 0. The molecule has 0 aliphatic heterocycles. The zero-order valence-electron chi connectivity index (χ0n) is 37.3. The SMILES string of the molecule is CC(C)(C)c1cc(-c2ccccc2N(c2ccc3c(c2)c2ccccc2n3-c2ccccc2)c2ccccc2-c2cccc3cccc(C4CCCCC4)c23)cc(C(C)(C)C)c1. The molecule has 1 heterocycles. The van der Waals surface area contributed by atoms with Crippen LogP contribution >= 0.6 is 0 Å². The summed E-state index contributed by atoms with van der Waals surface area (Å²) in [5, 5.41) is 5.19. The average molecular weight is 807 g/mol. The molecule has 0 N–H and O–H groups in total. The molecule has 0 spiro atoms. The number of benzene rings is 8. The summed E-state index contributed by atoms with van der Waals surface area (Å²) in [6, 6.07) is 66.3. The van der Waals surface area contributed by atoms with E-state index in [1.807, 2.05) is 0 Å². The zero-order valence-corrected chi connectivity index (χ0v) is 37.3. The van der Waals surface area contributed by atoms with Crippen LogP contribution in [0.3, 0.4) is 0 Å². The van der Waals surface area contributed by atoms with Crippen molar-refractivity contribution in [3.63, 3.8) is 0 Å². The second kappa shape index (κ2) is 15.8. The summed E-state index contributed by atoms with van der Waals surface area (Å²) in [4.78, 5) is 2.56. The Balaban J connectivity index is 1.27. The highest BCUT2D eigenvalue weighted by atomic mass is 15.1. The van der Waals surface area contributed by atoms with Gasteiger partial charge in [0.15, 0.2) is 0 Å². The number of para-hydroxylation sites is 4. The van der Waals surface area contributed by atoms with Crippen molar-refractivity contribution in [2.75, 3.05) is 4.90 Å². The fourth-order valence-electron chi connectivity index (χ4n) is 10.2. The summed E-state index contributed by atoms with van der Waals surface area (Å²) in [5.74, 6) is 0.578. The molecule has 0 amide bonds. The molecule has 0 radical (unpaired) electrons. The first-order chi connectivity index (χ1) is 30.0. The lowest BCUT2D eigenvalue weighted by atomic mass is 9.78. The van der Waals surface area contributed by atoms with Crippen molar-refractivity contribution in [2.24, 2.45) is 0 Å². The van der Waals surface area contributed by atoms with E-state index in [1.54, 1.807) is 0 Å².